The van der Waals surface area contributed by atoms with Crippen LogP contribution in [-0.2, 0) is 20.9 Å². The third-order valence-corrected chi connectivity index (χ3v) is 8.73. The summed E-state index contributed by atoms with van der Waals surface area (Å²) in [6.45, 7) is 4.30. The van der Waals surface area contributed by atoms with Gasteiger partial charge in [-0.1, -0.05) is 115 Å². The van der Waals surface area contributed by atoms with Crippen LogP contribution in [0.5, 0.6) is 0 Å². The van der Waals surface area contributed by atoms with Crippen molar-refractivity contribution in [3.05, 3.63) is 138 Å². The summed E-state index contributed by atoms with van der Waals surface area (Å²) < 4.78 is 0. The van der Waals surface area contributed by atoms with Gasteiger partial charge in [0.05, 0.1) is 12.3 Å². The molecule has 0 saturated carbocycles. The highest BCUT2D eigenvalue weighted by atomic mass is 16.4. The van der Waals surface area contributed by atoms with Gasteiger partial charge in [0, 0.05) is 24.9 Å². The van der Waals surface area contributed by atoms with Gasteiger partial charge in [0.2, 0.25) is 5.91 Å². The average molecular weight is 614 g/mol. The molecule has 0 aliphatic rings. The number of carbonyl (C=O) groups is 3. The molecule has 0 aliphatic heterocycles. The Balaban J connectivity index is 1.48. The molecule has 6 nitrogen and oxygen atoms in total. The molecule has 5 aromatic carbocycles. The van der Waals surface area contributed by atoms with Gasteiger partial charge in [0.15, 0.2) is 0 Å². The molecule has 46 heavy (non-hydrogen) atoms. The molecule has 5 rings (SSSR count). The van der Waals surface area contributed by atoms with Gasteiger partial charge in [-0.2, -0.15) is 0 Å². The molecule has 0 aliphatic carbocycles. The number of carboxylic acid groups (broad SMARTS) is 2. The molecule has 234 valence electrons. The maximum atomic E-state index is 14.0. The molecule has 3 unspecified atom stereocenters. The number of benzene rings is 5. The predicted octanol–water partition coefficient (Wildman–Crippen LogP) is 8.47. The van der Waals surface area contributed by atoms with Crippen molar-refractivity contribution in [3.63, 3.8) is 0 Å². The fourth-order valence-corrected chi connectivity index (χ4v) is 6.08. The van der Waals surface area contributed by atoms with E-state index in [0.717, 1.165) is 38.4 Å². The maximum absolute atomic E-state index is 14.0. The number of rotatable bonds is 13. The Kier molecular flexibility index (Phi) is 10.3. The zero-order valence-electron chi connectivity index (χ0n) is 26.2. The summed E-state index contributed by atoms with van der Waals surface area (Å²) in [4.78, 5) is 39.2. The second-order valence-corrected chi connectivity index (χ2v) is 12.0. The predicted molar refractivity (Wildman–Crippen MR) is 183 cm³/mol. The van der Waals surface area contributed by atoms with Gasteiger partial charge in [-0.15, -0.1) is 0 Å². The Morgan fingerprint density at radius 2 is 1.35 bits per heavy atom. The standard InChI is InChI=1S/C40H39NO5/c1-27-14-18-33(19-15-27)37(13-7-8-29-16-20-31-9-3-5-11-34(31)22-29)28(2)41(38(42)24-36(40(45)46)25-39(43)44)26-30-17-21-32-10-4-6-12-35(32)23-30/h3-12,14-23,28,36-37H,13,24-26H2,1-2H3,(H,43,44)(H,45,46). The molecular weight excluding hydrogens is 574 g/mol. The van der Waals surface area contributed by atoms with Gasteiger partial charge < -0.3 is 15.1 Å². The second kappa shape index (κ2) is 14.7. The van der Waals surface area contributed by atoms with Crippen molar-refractivity contribution >= 4 is 45.5 Å². The summed E-state index contributed by atoms with van der Waals surface area (Å²) in [5, 5.41) is 23.6. The Labute approximate surface area is 269 Å². The highest BCUT2D eigenvalue weighted by Gasteiger charge is 2.32. The van der Waals surface area contributed by atoms with Crippen molar-refractivity contribution < 1.29 is 24.6 Å². The molecule has 1 amide bonds. The van der Waals surface area contributed by atoms with E-state index in [-0.39, 0.29) is 24.4 Å². The number of amides is 1. The van der Waals surface area contributed by atoms with E-state index in [1.54, 1.807) is 4.90 Å². The lowest BCUT2D eigenvalue weighted by Gasteiger charge is -2.36. The number of carbonyl (C=O) groups excluding carboxylic acids is 1. The first-order chi connectivity index (χ1) is 22.2. The second-order valence-electron chi connectivity index (χ2n) is 12.0. The molecular formula is C40H39NO5. The number of allylic oxidation sites excluding steroid dienone is 1. The van der Waals surface area contributed by atoms with Crippen LogP contribution in [0.2, 0.25) is 0 Å². The number of aryl methyl sites for hydroxylation is 1. The quantitative estimate of drug-likeness (QED) is 0.139. The Morgan fingerprint density at radius 3 is 1.98 bits per heavy atom. The zero-order chi connectivity index (χ0) is 32.6. The van der Waals surface area contributed by atoms with Crippen LogP contribution in [0.25, 0.3) is 27.6 Å². The molecule has 6 heteroatoms. The molecule has 0 saturated heterocycles. The molecule has 2 N–H and O–H groups in total. The van der Waals surface area contributed by atoms with Gasteiger partial charge >= 0.3 is 11.9 Å². The minimum absolute atomic E-state index is 0.107. The van der Waals surface area contributed by atoms with E-state index >= 15 is 0 Å². The average Bonchev–Trinajstić information content (AvgIpc) is 3.05. The van der Waals surface area contributed by atoms with Gasteiger partial charge in [0.1, 0.15) is 0 Å². The van der Waals surface area contributed by atoms with Crippen LogP contribution in [0.1, 0.15) is 54.4 Å². The molecule has 0 radical (unpaired) electrons. The van der Waals surface area contributed by atoms with Crippen molar-refractivity contribution in [2.45, 2.75) is 51.6 Å². The van der Waals surface area contributed by atoms with E-state index in [4.69, 9.17) is 0 Å². The fourth-order valence-electron chi connectivity index (χ4n) is 6.08. The van der Waals surface area contributed by atoms with E-state index < -0.39 is 30.7 Å². The Morgan fingerprint density at radius 1 is 0.739 bits per heavy atom. The smallest absolute Gasteiger partial charge is 0.307 e. The first-order valence-electron chi connectivity index (χ1n) is 15.6. The summed E-state index contributed by atoms with van der Waals surface area (Å²) in [5.41, 5.74) is 4.19. The summed E-state index contributed by atoms with van der Waals surface area (Å²) >= 11 is 0. The van der Waals surface area contributed by atoms with E-state index in [1.165, 1.54) is 5.39 Å². The minimum atomic E-state index is -1.32. The van der Waals surface area contributed by atoms with Crippen molar-refractivity contribution in [1.82, 2.24) is 4.90 Å². The first-order valence-corrected chi connectivity index (χ1v) is 15.6. The van der Waals surface area contributed by atoms with Crippen LogP contribution < -0.4 is 0 Å². The van der Waals surface area contributed by atoms with Gasteiger partial charge in [-0.3, -0.25) is 14.4 Å². The van der Waals surface area contributed by atoms with Gasteiger partial charge in [0.25, 0.3) is 0 Å². The molecule has 0 fully saturated rings. The summed E-state index contributed by atoms with van der Waals surface area (Å²) in [5.74, 6) is -4.34. The Hall–Kier alpha value is -5.23. The zero-order valence-corrected chi connectivity index (χ0v) is 26.2. The van der Waals surface area contributed by atoms with Crippen LogP contribution in [0.4, 0.5) is 0 Å². The number of nitrogens with zero attached hydrogens (tertiary/aromatic N) is 1. The highest BCUT2D eigenvalue weighted by molar-refractivity contribution is 5.86. The number of aliphatic carboxylic acids is 2. The lowest BCUT2D eigenvalue weighted by Crippen LogP contribution is -2.43. The first kappa shape index (κ1) is 32.2. The molecule has 0 aromatic heterocycles. The van der Waals surface area contributed by atoms with Crippen LogP contribution >= 0.6 is 0 Å². The fraction of sp³-hybridized carbons (Fsp3) is 0.225. The molecule has 5 aromatic rings. The number of hydrogen-bond acceptors (Lipinski definition) is 3. The number of hydrogen-bond donors (Lipinski definition) is 2. The number of carboxylic acids is 2. The third-order valence-electron chi connectivity index (χ3n) is 8.73. The normalized spacial score (nSPS) is 13.4. The van der Waals surface area contributed by atoms with Crippen molar-refractivity contribution in [2.75, 3.05) is 0 Å². The van der Waals surface area contributed by atoms with E-state index in [0.29, 0.717) is 6.42 Å². The lowest BCUT2D eigenvalue weighted by molar-refractivity contribution is -0.151. The molecule has 0 spiro atoms. The van der Waals surface area contributed by atoms with E-state index in [9.17, 15) is 24.6 Å². The largest absolute Gasteiger partial charge is 0.481 e. The topological polar surface area (TPSA) is 94.9 Å². The lowest BCUT2D eigenvalue weighted by atomic mass is 9.86. The van der Waals surface area contributed by atoms with E-state index in [1.807, 2.05) is 62.4 Å². The van der Waals surface area contributed by atoms with Crippen LogP contribution in [0.15, 0.2) is 115 Å². The SMILES string of the molecule is Cc1ccc(C(CC=Cc2ccc3ccccc3c2)C(C)N(Cc2ccc3ccccc3c2)C(=O)CC(CC(=O)O)C(=O)O)cc1. The molecule has 0 heterocycles. The summed E-state index contributed by atoms with van der Waals surface area (Å²) in [6.07, 6.45) is 3.86. The Bertz CT molecular complexity index is 1880. The van der Waals surface area contributed by atoms with Gasteiger partial charge in [-0.05, 0) is 70.6 Å². The minimum Gasteiger partial charge on any atom is -0.481 e. The molecule has 3 atom stereocenters. The van der Waals surface area contributed by atoms with Gasteiger partial charge in [-0.25, -0.2) is 0 Å². The van der Waals surface area contributed by atoms with Crippen LogP contribution in [0.3, 0.4) is 0 Å². The van der Waals surface area contributed by atoms with Crippen LogP contribution in [0, 0.1) is 12.8 Å². The molecule has 0 bridgehead atoms. The maximum Gasteiger partial charge on any atom is 0.307 e. The van der Waals surface area contributed by atoms with E-state index in [2.05, 4.69) is 72.8 Å². The third kappa shape index (κ3) is 8.07. The van der Waals surface area contributed by atoms with Crippen LogP contribution in [-0.4, -0.2) is 39.0 Å². The monoisotopic (exact) mass is 613 g/mol. The van der Waals surface area contributed by atoms with Crippen molar-refractivity contribution in [3.8, 4) is 0 Å². The number of fused-ring (bicyclic) bond motifs is 2. The van der Waals surface area contributed by atoms with Crippen molar-refractivity contribution in [1.29, 1.82) is 0 Å². The van der Waals surface area contributed by atoms with Crippen molar-refractivity contribution in [2.24, 2.45) is 5.92 Å². The highest BCUT2D eigenvalue weighted by Crippen LogP contribution is 2.31. The summed E-state index contributed by atoms with van der Waals surface area (Å²) in [6, 6.07) is 36.6. The summed E-state index contributed by atoms with van der Waals surface area (Å²) in [7, 11) is 0.